The van der Waals surface area contributed by atoms with Crippen molar-refractivity contribution < 1.29 is 24.5 Å². The van der Waals surface area contributed by atoms with Crippen LogP contribution in [0.1, 0.15) is 33.1 Å². The third-order valence-corrected chi connectivity index (χ3v) is 5.78. The average Bonchev–Trinajstić information content (AvgIpc) is 3.10. The van der Waals surface area contributed by atoms with E-state index in [-0.39, 0.29) is 34.4 Å². The Balaban J connectivity index is 1.96. The molecule has 0 saturated carbocycles. The molecule has 0 radical (unpaired) electrons. The molecule has 4 rings (SSSR count). The van der Waals surface area contributed by atoms with Crippen molar-refractivity contribution in [2.24, 2.45) is 5.73 Å². The van der Waals surface area contributed by atoms with Crippen molar-refractivity contribution in [3.05, 3.63) is 74.7 Å². The summed E-state index contributed by atoms with van der Waals surface area (Å²) in [5.74, 6) is -1.39. The summed E-state index contributed by atoms with van der Waals surface area (Å²) in [4.78, 5) is 11.4. The number of halogens is 1. The number of carboxylic acid groups (broad SMARTS) is 1. The number of nitrogens with two attached hydrogens (primary N) is 1. The zero-order valence-electron chi connectivity index (χ0n) is 17.0. The van der Waals surface area contributed by atoms with Gasteiger partial charge in [-0.3, -0.25) is 0 Å². The van der Waals surface area contributed by atoms with E-state index in [1.807, 2.05) is 0 Å². The first-order chi connectivity index (χ1) is 15.3. The number of carboxylic acids is 1. The molecular formula is C22H17BrN4O5. The summed E-state index contributed by atoms with van der Waals surface area (Å²) in [6.07, 6.45) is 0. The van der Waals surface area contributed by atoms with E-state index in [1.165, 1.54) is 23.9 Å². The van der Waals surface area contributed by atoms with Crippen molar-refractivity contribution in [3.8, 4) is 29.1 Å². The molecule has 1 aromatic heterocycles. The van der Waals surface area contributed by atoms with Crippen LogP contribution in [0.15, 0.2) is 52.3 Å². The van der Waals surface area contributed by atoms with Gasteiger partial charge in [-0.2, -0.15) is 10.4 Å². The number of aromatic nitrogens is 2. The van der Waals surface area contributed by atoms with Crippen LogP contribution in [0.25, 0.3) is 5.69 Å². The summed E-state index contributed by atoms with van der Waals surface area (Å²) in [5.41, 5.74) is 8.62. The Hall–Kier alpha value is -3.97. The third-order valence-electron chi connectivity index (χ3n) is 5.17. The molecule has 0 bridgehead atoms. The maximum absolute atomic E-state index is 11.4. The molecule has 10 heteroatoms. The number of nitriles is 1. The number of hydrogen-bond acceptors (Lipinski definition) is 7. The molecule has 32 heavy (non-hydrogen) atoms. The standard InChI is InChI=1S/C22H17BrN4O5/c1-10-17-18(12-7-15(23)19(28)16(8-12)31-2)14(9-24)20(25)32-21(17)27(26-10)13-5-3-4-11(6-13)22(29)30/h3-8,18,28H,25H2,1-2H3,(H,29,30). The van der Waals surface area contributed by atoms with E-state index in [4.69, 9.17) is 15.2 Å². The number of phenols is 1. The second-order valence-electron chi connectivity index (χ2n) is 7.05. The van der Waals surface area contributed by atoms with Crippen LogP contribution in [-0.2, 0) is 0 Å². The Morgan fingerprint density at radius 3 is 2.78 bits per heavy atom. The molecular weight excluding hydrogens is 480 g/mol. The van der Waals surface area contributed by atoms with Crippen molar-refractivity contribution in [1.82, 2.24) is 9.78 Å². The molecule has 1 aliphatic heterocycles. The summed E-state index contributed by atoms with van der Waals surface area (Å²) in [6, 6.07) is 11.6. The SMILES string of the molecule is COc1cc(C2C(C#N)=C(N)Oc3c2c(C)nn3-c2cccc(C(=O)O)c2)cc(Br)c1O. The fourth-order valence-corrected chi connectivity index (χ4v) is 4.17. The monoisotopic (exact) mass is 496 g/mol. The van der Waals surface area contributed by atoms with Gasteiger partial charge in [0.2, 0.25) is 11.8 Å². The molecule has 0 spiro atoms. The van der Waals surface area contributed by atoms with Crippen molar-refractivity contribution in [2.75, 3.05) is 7.11 Å². The molecule has 0 amide bonds. The zero-order chi connectivity index (χ0) is 23.2. The van der Waals surface area contributed by atoms with E-state index in [1.54, 1.807) is 31.2 Å². The van der Waals surface area contributed by atoms with Gasteiger partial charge in [-0.15, -0.1) is 0 Å². The summed E-state index contributed by atoms with van der Waals surface area (Å²) < 4.78 is 12.9. The van der Waals surface area contributed by atoms with Gasteiger partial charge in [-0.25, -0.2) is 9.48 Å². The number of benzene rings is 2. The second-order valence-corrected chi connectivity index (χ2v) is 7.90. The van der Waals surface area contributed by atoms with Crippen LogP contribution in [0, 0.1) is 18.3 Å². The minimum Gasteiger partial charge on any atom is -0.503 e. The number of fused-ring (bicyclic) bond motifs is 1. The number of carbonyl (C=O) groups is 1. The van der Waals surface area contributed by atoms with Crippen LogP contribution in [0.3, 0.4) is 0 Å². The largest absolute Gasteiger partial charge is 0.503 e. The molecule has 1 aliphatic rings. The predicted molar refractivity (Wildman–Crippen MR) is 117 cm³/mol. The number of phenolic OH excluding ortho intramolecular Hbond substituents is 1. The van der Waals surface area contributed by atoms with Gasteiger partial charge in [0.25, 0.3) is 0 Å². The highest BCUT2D eigenvalue weighted by molar-refractivity contribution is 9.10. The van der Waals surface area contributed by atoms with Crippen molar-refractivity contribution in [1.29, 1.82) is 5.26 Å². The lowest BCUT2D eigenvalue weighted by Gasteiger charge is -2.25. The highest BCUT2D eigenvalue weighted by Crippen LogP contribution is 2.47. The highest BCUT2D eigenvalue weighted by atomic mass is 79.9. The molecule has 2 aromatic carbocycles. The maximum Gasteiger partial charge on any atom is 0.335 e. The molecule has 3 aromatic rings. The van der Waals surface area contributed by atoms with Gasteiger partial charge < -0.3 is 25.4 Å². The first-order valence-electron chi connectivity index (χ1n) is 9.34. The third kappa shape index (κ3) is 3.33. The molecule has 0 saturated heterocycles. The van der Waals surface area contributed by atoms with Gasteiger partial charge in [0.1, 0.15) is 11.6 Å². The Morgan fingerprint density at radius 2 is 2.12 bits per heavy atom. The fraction of sp³-hybridized carbons (Fsp3) is 0.136. The van der Waals surface area contributed by atoms with Crippen molar-refractivity contribution >= 4 is 21.9 Å². The van der Waals surface area contributed by atoms with Crippen LogP contribution >= 0.6 is 15.9 Å². The molecule has 4 N–H and O–H groups in total. The van der Waals surface area contributed by atoms with Crippen molar-refractivity contribution in [3.63, 3.8) is 0 Å². The minimum atomic E-state index is -1.07. The first kappa shape index (κ1) is 21.3. The molecule has 2 heterocycles. The van der Waals surface area contributed by atoms with E-state index >= 15 is 0 Å². The van der Waals surface area contributed by atoms with Gasteiger partial charge in [-0.05, 0) is 58.7 Å². The molecule has 0 fully saturated rings. The number of nitrogens with zero attached hydrogens (tertiary/aromatic N) is 3. The highest BCUT2D eigenvalue weighted by Gasteiger charge is 2.37. The number of aromatic carboxylic acids is 1. The van der Waals surface area contributed by atoms with E-state index in [2.05, 4.69) is 27.1 Å². The lowest BCUT2D eigenvalue weighted by molar-refractivity contribution is 0.0697. The number of aromatic hydroxyl groups is 1. The number of ether oxygens (including phenoxy) is 2. The molecule has 1 atom stereocenters. The van der Waals surface area contributed by atoms with Gasteiger partial charge in [0.15, 0.2) is 11.5 Å². The normalized spacial score (nSPS) is 15.0. The topological polar surface area (TPSA) is 144 Å². The number of allylic oxidation sites excluding steroid dienone is 1. The molecule has 162 valence electrons. The lowest BCUT2D eigenvalue weighted by Crippen LogP contribution is -2.22. The first-order valence-corrected chi connectivity index (χ1v) is 10.1. The molecule has 0 aliphatic carbocycles. The summed E-state index contributed by atoms with van der Waals surface area (Å²) in [6.45, 7) is 1.76. The number of hydrogen-bond donors (Lipinski definition) is 3. The summed E-state index contributed by atoms with van der Waals surface area (Å²) in [7, 11) is 1.43. The Bertz CT molecular complexity index is 1340. The maximum atomic E-state index is 11.4. The van der Waals surface area contributed by atoms with E-state index in [0.717, 1.165) is 0 Å². The summed E-state index contributed by atoms with van der Waals surface area (Å²) >= 11 is 3.32. The van der Waals surface area contributed by atoms with Gasteiger partial charge in [-0.1, -0.05) is 6.07 Å². The van der Waals surface area contributed by atoms with Crippen LogP contribution in [0.2, 0.25) is 0 Å². The zero-order valence-corrected chi connectivity index (χ0v) is 18.5. The van der Waals surface area contributed by atoms with Crippen LogP contribution in [-0.4, -0.2) is 33.1 Å². The Labute approximate surface area is 191 Å². The second kappa shape index (κ2) is 7.94. The molecule has 1 unspecified atom stereocenters. The van der Waals surface area contributed by atoms with Gasteiger partial charge in [0, 0.05) is 0 Å². The molecule has 9 nitrogen and oxygen atoms in total. The number of methoxy groups -OCH3 is 1. The van der Waals surface area contributed by atoms with Gasteiger partial charge >= 0.3 is 5.97 Å². The smallest absolute Gasteiger partial charge is 0.335 e. The average molecular weight is 497 g/mol. The van der Waals surface area contributed by atoms with E-state index < -0.39 is 11.9 Å². The lowest BCUT2D eigenvalue weighted by atomic mass is 9.84. The van der Waals surface area contributed by atoms with Crippen molar-refractivity contribution in [2.45, 2.75) is 12.8 Å². The minimum absolute atomic E-state index is 0.0723. The fourth-order valence-electron chi connectivity index (χ4n) is 3.71. The predicted octanol–water partition coefficient (Wildman–Crippen LogP) is 3.57. The Morgan fingerprint density at radius 1 is 1.38 bits per heavy atom. The quantitative estimate of drug-likeness (QED) is 0.497. The number of aryl methyl sites for hydroxylation is 1. The van der Waals surface area contributed by atoms with E-state index in [9.17, 15) is 20.3 Å². The van der Waals surface area contributed by atoms with Crippen LogP contribution in [0.4, 0.5) is 0 Å². The van der Waals surface area contributed by atoms with Crippen LogP contribution < -0.4 is 15.2 Å². The van der Waals surface area contributed by atoms with Gasteiger partial charge in [0.05, 0.1) is 40.0 Å². The summed E-state index contributed by atoms with van der Waals surface area (Å²) in [5, 5.41) is 33.9. The Kier molecular flexibility index (Phi) is 5.28. The van der Waals surface area contributed by atoms with E-state index in [0.29, 0.717) is 27.0 Å². The van der Waals surface area contributed by atoms with Crippen LogP contribution in [0.5, 0.6) is 17.4 Å². The number of rotatable bonds is 4.